The average molecular weight is 450 g/mol. The van der Waals surface area contributed by atoms with E-state index in [0.29, 0.717) is 5.02 Å². The van der Waals surface area contributed by atoms with E-state index in [1.54, 1.807) is 0 Å². The minimum absolute atomic E-state index is 0.693. The topological polar surface area (TPSA) is 67.1 Å². The second-order valence-electron chi connectivity index (χ2n) is 9.11. The summed E-state index contributed by atoms with van der Waals surface area (Å²) >= 11 is 6.11. The van der Waals surface area contributed by atoms with Crippen LogP contribution in [0.1, 0.15) is 12.8 Å². The van der Waals surface area contributed by atoms with Crippen molar-refractivity contribution in [2.45, 2.75) is 18.9 Å². The Morgan fingerprint density at radius 3 is 2.56 bits per heavy atom. The number of aromatic nitrogens is 4. The summed E-state index contributed by atoms with van der Waals surface area (Å²) in [6.07, 6.45) is 2.47. The van der Waals surface area contributed by atoms with E-state index in [4.69, 9.17) is 16.6 Å². The monoisotopic (exact) mass is 449 g/mol. The van der Waals surface area contributed by atoms with E-state index in [9.17, 15) is 0 Å². The highest BCUT2D eigenvalue weighted by Gasteiger charge is 2.27. The molecular formula is C24H28ClN7. The van der Waals surface area contributed by atoms with Gasteiger partial charge in [0.2, 0.25) is 0 Å². The summed E-state index contributed by atoms with van der Waals surface area (Å²) < 4.78 is 0. The first-order valence-electron chi connectivity index (χ1n) is 11.5. The number of rotatable bonds is 3. The summed E-state index contributed by atoms with van der Waals surface area (Å²) in [6, 6.07) is 13.0. The maximum absolute atomic E-state index is 6.11. The van der Waals surface area contributed by atoms with Crippen molar-refractivity contribution in [1.82, 2.24) is 30.0 Å². The molecule has 0 aliphatic carbocycles. The highest BCUT2D eigenvalue weighted by molar-refractivity contribution is 6.31. The number of fused-ring (bicyclic) bond motifs is 2. The second kappa shape index (κ2) is 8.06. The molecule has 2 saturated heterocycles. The SMILES string of the molecule is CN1CCN(C2CCN(c3ccc4nc(-c5n[nH]c6cc(Cl)ccc56)[nH]c4c3)CC2)CC1. The zero-order valence-electron chi connectivity index (χ0n) is 18.3. The van der Waals surface area contributed by atoms with Gasteiger partial charge >= 0.3 is 0 Å². The molecule has 0 spiro atoms. The number of nitrogens with one attached hydrogen (secondary N) is 2. The van der Waals surface area contributed by atoms with Gasteiger partial charge in [-0.2, -0.15) is 5.10 Å². The highest BCUT2D eigenvalue weighted by Crippen LogP contribution is 2.30. The third-order valence-electron chi connectivity index (χ3n) is 7.10. The van der Waals surface area contributed by atoms with Gasteiger partial charge in [0, 0.05) is 61.4 Å². The fourth-order valence-corrected chi connectivity index (χ4v) is 5.33. The number of hydrogen-bond donors (Lipinski definition) is 2. The Bertz CT molecular complexity index is 1250. The van der Waals surface area contributed by atoms with Gasteiger partial charge in [0.05, 0.1) is 16.6 Å². The van der Waals surface area contributed by atoms with Crippen molar-refractivity contribution < 1.29 is 0 Å². The van der Waals surface area contributed by atoms with Crippen LogP contribution >= 0.6 is 11.6 Å². The van der Waals surface area contributed by atoms with Crippen LogP contribution in [0, 0.1) is 0 Å². The Kier molecular flexibility index (Phi) is 5.05. The Morgan fingerprint density at radius 2 is 1.75 bits per heavy atom. The molecule has 0 unspecified atom stereocenters. The van der Waals surface area contributed by atoms with Gasteiger partial charge < -0.3 is 14.8 Å². The number of piperidine rings is 1. The lowest BCUT2D eigenvalue weighted by Crippen LogP contribution is -2.52. The molecule has 0 radical (unpaired) electrons. The molecule has 2 fully saturated rings. The number of halogens is 1. The van der Waals surface area contributed by atoms with Gasteiger partial charge in [-0.1, -0.05) is 11.6 Å². The first kappa shape index (κ1) is 20.0. The molecule has 2 aliphatic rings. The standard InChI is InChI=1S/C24H28ClN7/c1-30-10-12-32(13-11-30)17-6-8-31(9-7-17)18-3-5-20-22(15-18)27-24(26-20)23-19-4-2-16(25)14-21(19)28-29-23/h2-5,14-15,17H,6-13H2,1H3,(H,26,27)(H,28,29). The van der Waals surface area contributed by atoms with Crippen molar-refractivity contribution in [1.29, 1.82) is 0 Å². The zero-order valence-corrected chi connectivity index (χ0v) is 19.1. The molecule has 0 saturated carbocycles. The lowest BCUT2D eigenvalue weighted by atomic mass is 10.0. The van der Waals surface area contributed by atoms with Gasteiger partial charge in [-0.15, -0.1) is 0 Å². The minimum Gasteiger partial charge on any atom is -0.371 e. The second-order valence-corrected chi connectivity index (χ2v) is 9.54. The largest absolute Gasteiger partial charge is 0.371 e. The maximum atomic E-state index is 6.11. The summed E-state index contributed by atoms with van der Waals surface area (Å²) in [7, 11) is 2.22. The molecule has 0 bridgehead atoms. The number of aromatic amines is 2. The van der Waals surface area contributed by atoms with Gasteiger partial charge in [-0.05, 0) is 56.3 Å². The molecule has 8 heteroatoms. The Labute approximate surface area is 192 Å². The number of nitrogens with zero attached hydrogens (tertiary/aromatic N) is 5. The van der Waals surface area contributed by atoms with Crippen LogP contribution in [-0.2, 0) is 0 Å². The van der Waals surface area contributed by atoms with Crippen LogP contribution < -0.4 is 4.90 Å². The summed E-state index contributed by atoms with van der Waals surface area (Å²) in [5.74, 6) is 0.777. The van der Waals surface area contributed by atoms with Crippen LogP contribution in [0.5, 0.6) is 0 Å². The number of likely N-dealkylation sites (N-methyl/N-ethyl adjacent to an activating group) is 1. The third kappa shape index (κ3) is 3.64. The lowest BCUT2D eigenvalue weighted by molar-refractivity contribution is 0.0982. The number of anilines is 1. The van der Waals surface area contributed by atoms with E-state index >= 15 is 0 Å². The van der Waals surface area contributed by atoms with Crippen molar-refractivity contribution in [3.05, 3.63) is 41.4 Å². The minimum atomic E-state index is 0.693. The molecular weight excluding hydrogens is 422 g/mol. The average Bonchev–Trinajstić information content (AvgIpc) is 3.42. The fourth-order valence-electron chi connectivity index (χ4n) is 5.16. The number of H-pyrrole nitrogens is 2. The lowest BCUT2D eigenvalue weighted by Gasteiger charge is -2.42. The molecule has 2 aromatic carbocycles. The Hall–Kier alpha value is -2.61. The van der Waals surface area contributed by atoms with E-state index in [2.05, 4.69) is 55.1 Å². The zero-order chi connectivity index (χ0) is 21.7. The fraction of sp³-hybridized carbons (Fsp3) is 0.417. The van der Waals surface area contributed by atoms with Crippen molar-refractivity contribution in [2.24, 2.45) is 0 Å². The van der Waals surface area contributed by atoms with Crippen molar-refractivity contribution in [3.63, 3.8) is 0 Å². The molecule has 166 valence electrons. The first-order chi connectivity index (χ1) is 15.6. The van der Waals surface area contributed by atoms with E-state index < -0.39 is 0 Å². The van der Waals surface area contributed by atoms with E-state index in [-0.39, 0.29) is 0 Å². The third-order valence-corrected chi connectivity index (χ3v) is 7.33. The molecule has 4 aromatic rings. The predicted octanol–water partition coefficient (Wildman–Crippen LogP) is 3.98. The van der Waals surface area contributed by atoms with Gasteiger partial charge in [0.1, 0.15) is 5.69 Å². The van der Waals surface area contributed by atoms with Crippen molar-refractivity contribution >= 4 is 39.2 Å². The van der Waals surface area contributed by atoms with Crippen LogP contribution in [0.15, 0.2) is 36.4 Å². The smallest absolute Gasteiger partial charge is 0.159 e. The quantitative estimate of drug-likeness (QED) is 0.495. The highest BCUT2D eigenvalue weighted by atomic mass is 35.5. The Morgan fingerprint density at radius 1 is 0.938 bits per heavy atom. The van der Waals surface area contributed by atoms with E-state index in [1.807, 2.05) is 18.2 Å². The van der Waals surface area contributed by atoms with Gasteiger partial charge in [0.25, 0.3) is 0 Å². The number of hydrogen-bond acceptors (Lipinski definition) is 5. The molecule has 32 heavy (non-hydrogen) atoms. The first-order valence-corrected chi connectivity index (χ1v) is 11.8. The van der Waals surface area contributed by atoms with E-state index in [1.165, 1.54) is 44.7 Å². The molecule has 2 aliphatic heterocycles. The van der Waals surface area contributed by atoms with E-state index in [0.717, 1.165) is 52.6 Å². The summed E-state index contributed by atoms with van der Waals surface area (Å²) in [5, 5.41) is 9.24. The van der Waals surface area contributed by atoms with Crippen LogP contribution in [0.3, 0.4) is 0 Å². The number of benzene rings is 2. The molecule has 6 rings (SSSR count). The number of imidazole rings is 1. The van der Waals surface area contributed by atoms with Crippen molar-refractivity contribution in [2.75, 3.05) is 51.2 Å². The van der Waals surface area contributed by atoms with Gasteiger partial charge in [0.15, 0.2) is 5.82 Å². The van der Waals surface area contributed by atoms with Crippen molar-refractivity contribution in [3.8, 4) is 11.5 Å². The summed E-state index contributed by atoms with van der Waals surface area (Å²) in [4.78, 5) is 15.9. The summed E-state index contributed by atoms with van der Waals surface area (Å²) in [6.45, 7) is 7.01. The predicted molar refractivity (Wildman–Crippen MR) is 130 cm³/mol. The Balaban J connectivity index is 1.20. The summed E-state index contributed by atoms with van der Waals surface area (Å²) in [5.41, 5.74) is 5.01. The molecule has 0 atom stereocenters. The van der Waals surface area contributed by atoms with Crippen LogP contribution in [0.25, 0.3) is 33.5 Å². The maximum Gasteiger partial charge on any atom is 0.159 e. The van der Waals surface area contributed by atoms with Crippen LogP contribution in [-0.4, -0.2) is 82.3 Å². The van der Waals surface area contributed by atoms with Crippen LogP contribution in [0.2, 0.25) is 5.02 Å². The van der Waals surface area contributed by atoms with Crippen LogP contribution in [0.4, 0.5) is 5.69 Å². The van der Waals surface area contributed by atoms with Gasteiger partial charge in [-0.25, -0.2) is 4.98 Å². The molecule has 0 amide bonds. The van der Waals surface area contributed by atoms with Gasteiger partial charge in [-0.3, -0.25) is 10.00 Å². The molecule has 7 nitrogen and oxygen atoms in total. The molecule has 2 aromatic heterocycles. The molecule has 2 N–H and O–H groups in total. The number of piperazine rings is 1. The normalized spacial score (nSPS) is 19.4. The molecule has 4 heterocycles.